The Kier molecular flexibility index (Phi) is 4.96. The van der Waals surface area contributed by atoms with Gasteiger partial charge in [0.15, 0.2) is 23.1 Å². The first kappa shape index (κ1) is 14.3. The summed E-state index contributed by atoms with van der Waals surface area (Å²) in [6, 6.07) is 11.5. The Hall–Kier alpha value is -2.07. The molecule has 0 fully saturated rings. The van der Waals surface area contributed by atoms with Crippen molar-refractivity contribution in [1.29, 1.82) is 0 Å². The second-order valence-electron chi connectivity index (χ2n) is 4.32. The van der Waals surface area contributed by atoms with Gasteiger partial charge < -0.3 is 14.6 Å². The van der Waals surface area contributed by atoms with E-state index in [1.807, 2.05) is 13.0 Å². The second kappa shape index (κ2) is 6.91. The number of hydrogen-bond acceptors (Lipinski definition) is 3. The van der Waals surface area contributed by atoms with Crippen LogP contribution >= 0.6 is 0 Å². The van der Waals surface area contributed by atoms with Gasteiger partial charge in [0.2, 0.25) is 0 Å². The van der Waals surface area contributed by atoms with Gasteiger partial charge in [-0.15, -0.1) is 0 Å². The fourth-order valence-corrected chi connectivity index (χ4v) is 1.71. The highest BCUT2D eigenvalue weighted by atomic mass is 19.1. The molecule has 0 aliphatic heterocycles. The van der Waals surface area contributed by atoms with E-state index in [0.717, 1.165) is 6.42 Å². The van der Waals surface area contributed by atoms with Gasteiger partial charge in [0, 0.05) is 0 Å². The molecule has 1 N–H and O–H groups in total. The molecular weight excluding hydrogens is 259 g/mol. The van der Waals surface area contributed by atoms with E-state index in [9.17, 15) is 4.39 Å². The van der Waals surface area contributed by atoms with Crippen molar-refractivity contribution in [3.05, 3.63) is 53.8 Å². The topological polar surface area (TPSA) is 38.7 Å². The number of halogens is 1. The van der Waals surface area contributed by atoms with Gasteiger partial charge in [-0.2, -0.15) is 0 Å². The quantitative estimate of drug-likeness (QED) is 0.869. The molecule has 106 valence electrons. The van der Waals surface area contributed by atoms with Crippen LogP contribution in [0.1, 0.15) is 18.9 Å². The van der Waals surface area contributed by atoms with Crippen LogP contribution in [0.15, 0.2) is 42.5 Å². The number of aliphatic hydroxyl groups excluding tert-OH is 1. The van der Waals surface area contributed by atoms with E-state index in [0.29, 0.717) is 23.7 Å². The number of ether oxygens (including phenoxy) is 2. The summed E-state index contributed by atoms with van der Waals surface area (Å²) >= 11 is 0. The van der Waals surface area contributed by atoms with E-state index >= 15 is 0 Å². The first-order valence-electron chi connectivity index (χ1n) is 6.53. The van der Waals surface area contributed by atoms with Crippen LogP contribution in [-0.4, -0.2) is 11.7 Å². The lowest BCUT2D eigenvalue weighted by Gasteiger charge is -2.12. The minimum atomic E-state index is -0.512. The van der Waals surface area contributed by atoms with E-state index in [-0.39, 0.29) is 12.4 Å². The van der Waals surface area contributed by atoms with Crippen LogP contribution in [0.5, 0.6) is 17.2 Å². The monoisotopic (exact) mass is 276 g/mol. The summed E-state index contributed by atoms with van der Waals surface area (Å²) in [5, 5.41) is 8.96. The Bertz CT molecular complexity index is 569. The Morgan fingerprint density at radius 3 is 2.45 bits per heavy atom. The number of benzene rings is 2. The molecule has 0 saturated heterocycles. The first-order valence-corrected chi connectivity index (χ1v) is 6.53. The van der Waals surface area contributed by atoms with Crippen molar-refractivity contribution in [1.82, 2.24) is 0 Å². The van der Waals surface area contributed by atoms with E-state index in [2.05, 4.69) is 0 Å². The smallest absolute Gasteiger partial charge is 0.169 e. The van der Waals surface area contributed by atoms with Gasteiger partial charge >= 0.3 is 0 Å². The lowest BCUT2D eigenvalue weighted by Crippen LogP contribution is -1.98. The maximum atomic E-state index is 13.8. The third-order valence-electron chi connectivity index (χ3n) is 2.71. The van der Waals surface area contributed by atoms with E-state index < -0.39 is 5.82 Å². The highest BCUT2D eigenvalue weighted by Gasteiger charge is 2.09. The van der Waals surface area contributed by atoms with E-state index in [1.165, 1.54) is 12.1 Å². The second-order valence-corrected chi connectivity index (χ2v) is 4.32. The molecule has 0 amide bonds. The van der Waals surface area contributed by atoms with Crippen molar-refractivity contribution in [2.75, 3.05) is 6.61 Å². The Morgan fingerprint density at radius 1 is 1.05 bits per heavy atom. The van der Waals surface area contributed by atoms with E-state index in [4.69, 9.17) is 14.6 Å². The minimum Gasteiger partial charge on any atom is -0.490 e. The third-order valence-corrected chi connectivity index (χ3v) is 2.71. The van der Waals surface area contributed by atoms with E-state index in [1.54, 1.807) is 24.3 Å². The molecular formula is C16H17FO3. The molecule has 0 spiro atoms. The predicted molar refractivity (Wildman–Crippen MR) is 74.6 cm³/mol. The molecule has 3 nitrogen and oxygen atoms in total. The highest BCUT2D eigenvalue weighted by molar-refractivity contribution is 5.43. The maximum Gasteiger partial charge on any atom is 0.169 e. The van der Waals surface area contributed by atoms with Crippen molar-refractivity contribution in [2.24, 2.45) is 0 Å². The van der Waals surface area contributed by atoms with Gasteiger partial charge in [0.1, 0.15) is 0 Å². The summed E-state index contributed by atoms with van der Waals surface area (Å²) in [6.07, 6.45) is 0.883. The molecule has 2 rings (SSSR count). The molecule has 0 saturated carbocycles. The molecule has 20 heavy (non-hydrogen) atoms. The van der Waals surface area contributed by atoms with Crippen molar-refractivity contribution in [3.8, 4) is 17.2 Å². The molecule has 0 radical (unpaired) electrons. The van der Waals surface area contributed by atoms with Crippen LogP contribution in [0.2, 0.25) is 0 Å². The van der Waals surface area contributed by atoms with Gasteiger partial charge in [0.05, 0.1) is 13.2 Å². The molecule has 0 unspecified atom stereocenters. The molecule has 2 aromatic rings. The van der Waals surface area contributed by atoms with Gasteiger partial charge in [-0.3, -0.25) is 0 Å². The number of rotatable bonds is 6. The van der Waals surface area contributed by atoms with Crippen LogP contribution in [-0.2, 0) is 6.61 Å². The largest absolute Gasteiger partial charge is 0.490 e. The standard InChI is InChI=1S/C16H17FO3/c1-2-9-19-15-5-3-4-6-16(15)20-14-8-7-12(11-18)10-13(14)17/h3-8,10,18H,2,9,11H2,1H3. The molecule has 0 bridgehead atoms. The zero-order valence-corrected chi connectivity index (χ0v) is 11.3. The van der Waals surface area contributed by atoms with Crippen molar-refractivity contribution in [3.63, 3.8) is 0 Å². The number of para-hydroxylation sites is 2. The van der Waals surface area contributed by atoms with Crippen LogP contribution in [0.4, 0.5) is 4.39 Å². The highest BCUT2D eigenvalue weighted by Crippen LogP contribution is 2.32. The van der Waals surface area contributed by atoms with Gasteiger partial charge in [-0.25, -0.2) is 4.39 Å². The minimum absolute atomic E-state index is 0.106. The fourth-order valence-electron chi connectivity index (χ4n) is 1.71. The molecule has 0 aliphatic rings. The summed E-state index contributed by atoms with van der Waals surface area (Å²) in [5.74, 6) is 0.646. The van der Waals surface area contributed by atoms with Gasteiger partial charge in [0.25, 0.3) is 0 Å². The summed E-state index contributed by atoms with van der Waals surface area (Å²) in [5.41, 5.74) is 0.505. The van der Waals surface area contributed by atoms with Crippen LogP contribution in [0.3, 0.4) is 0 Å². The summed E-state index contributed by atoms with van der Waals surface area (Å²) in [7, 11) is 0. The number of aliphatic hydroxyl groups is 1. The molecule has 4 heteroatoms. The SMILES string of the molecule is CCCOc1ccccc1Oc1ccc(CO)cc1F. The summed E-state index contributed by atoms with van der Waals surface area (Å²) in [4.78, 5) is 0. The lowest BCUT2D eigenvalue weighted by molar-refractivity contribution is 0.280. The zero-order valence-electron chi connectivity index (χ0n) is 11.3. The third kappa shape index (κ3) is 3.48. The molecule has 0 aliphatic carbocycles. The molecule has 0 atom stereocenters. The van der Waals surface area contributed by atoms with Crippen molar-refractivity contribution < 1.29 is 19.0 Å². The van der Waals surface area contributed by atoms with Gasteiger partial charge in [-0.1, -0.05) is 25.1 Å². The Balaban J connectivity index is 2.21. The fraction of sp³-hybridized carbons (Fsp3) is 0.250. The Morgan fingerprint density at radius 2 is 1.80 bits per heavy atom. The lowest BCUT2D eigenvalue weighted by atomic mass is 10.2. The molecule has 0 heterocycles. The van der Waals surface area contributed by atoms with Crippen LogP contribution in [0, 0.1) is 5.82 Å². The summed E-state index contributed by atoms with van der Waals surface area (Å²) in [6.45, 7) is 2.39. The normalized spacial score (nSPS) is 10.3. The predicted octanol–water partition coefficient (Wildman–Crippen LogP) is 3.90. The Labute approximate surface area is 117 Å². The summed E-state index contributed by atoms with van der Waals surface area (Å²) < 4.78 is 24.9. The van der Waals surface area contributed by atoms with Gasteiger partial charge in [-0.05, 0) is 36.2 Å². The van der Waals surface area contributed by atoms with Crippen LogP contribution in [0.25, 0.3) is 0 Å². The first-order chi connectivity index (χ1) is 9.74. The van der Waals surface area contributed by atoms with Crippen molar-refractivity contribution in [2.45, 2.75) is 20.0 Å². The molecule has 0 aromatic heterocycles. The average molecular weight is 276 g/mol. The zero-order chi connectivity index (χ0) is 14.4. The maximum absolute atomic E-state index is 13.8. The molecule has 2 aromatic carbocycles. The average Bonchev–Trinajstić information content (AvgIpc) is 2.48. The number of hydrogen-bond donors (Lipinski definition) is 1. The van der Waals surface area contributed by atoms with Crippen LogP contribution < -0.4 is 9.47 Å². The van der Waals surface area contributed by atoms with Crippen molar-refractivity contribution >= 4 is 0 Å².